The number of rotatable bonds is 5. The fourth-order valence-electron chi connectivity index (χ4n) is 1.72. The first-order valence-corrected chi connectivity index (χ1v) is 6.61. The van der Waals surface area contributed by atoms with Crippen molar-refractivity contribution in [1.29, 1.82) is 0 Å². The minimum absolute atomic E-state index is 0.754. The van der Waals surface area contributed by atoms with E-state index in [1.54, 1.807) is 0 Å². The molecule has 0 fully saturated rings. The molecule has 0 spiro atoms. The molecule has 0 N–H and O–H groups in total. The maximum Gasteiger partial charge on any atom is 0.131 e. The molecule has 20 heavy (non-hydrogen) atoms. The van der Waals surface area contributed by atoms with Crippen molar-refractivity contribution in [3.05, 3.63) is 78.6 Å². The van der Waals surface area contributed by atoms with Gasteiger partial charge in [0.15, 0.2) is 0 Å². The molecule has 0 saturated carbocycles. The molecule has 0 saturated heterocycles. The van der Waals surface area contributed by atoms with Crippen molar-refractivity contribution < 1.29 is 9.47 Å². The molecule has 0 heterocycles. The Labute approximate surface area is 120 Å². The van der Waals surface area contributed by atoms with Crippen molar-refractivity contribution in [3.8, 4) is 17.2 Å². The van der Waals surface area contributed by atoms with Crippen molar-refractivity contribution in [2.75, 3.05) is 0 Å². The van der Waals surface area contributed by atoms with Crippen LogP contribution < -0.4 is 9.47 Å². The van der Waals surface area contributed by atoms with Gasteiger partial charge >= 0.3 is 0 Å². The van der Waals surface area contributed by atoms with E-state index in [1.807, 2.05) is 86.7 Å². The predicted octanol–water partition coefficient (Wildman–Crippen LogP) is 5.34. The normalized spacial score (nSPS) is 11.6. The molecule has 0 aliphatic carbocycles. The average molecular weight is 266 g/mol. The number of allylic oxidation sites excluding steroid dienone is 3. The number of para-hydroxylation sites is 1. The van der Waals surface area contributed by atoms with Crippen molar-refractivity contribution in [2.45, 2.75) is 13.8 Å². The van der Waals surface area contributed by atoms with Gasteiger partial charge in [0.05, 0.1) is 0 Å². The van der Waals surface area contributed by atoms with E-state index in [0.29, 0.717) is 0 Å². The maximum atomic E-state index is 5.78. The molecule has 0 aromatic heterocycles. The van der Waals surface area contributed by atoms with Crippen LogP contribution in [0, 0.1) is 0 Å². The van der Waals surface area contributed by atoms with E-state index in [4.69, 9.17) is 9.47 Å². The Kier molecular flexibility index (Phi) is 5.01. The Morgan fingerprint density at radius 2 is 1.55 bits per heavy atom. The molecule has 2 nitrogen and oxygen atoms in total. The van der Waals surface area contributed by atoms with Gasteiger partial charge in [-0.2, -0.15) is 0 Å². The topological polar surface area (TPSA) is 18.5 Å². The van der Waals surface area contributed by atoms with Crippen molar-refractivity contribution in [3.63, 3.8) is 0 Å². The predicted molar refractivity (Wildman–Crippen MR) is 82.2 cm³/mol. The van der Waals surface area contributed by atoms with Gasteiger partial charge in [-0.3, -0.25) is 0 Å². The minimum atomic E-state index is 0.754. The summed E-state index contributed by atoms with van der Waals surface area (Å²) < 4.78 is 11.6. The Morgan fingerprint density at radius 1 is 0.850 bits per heavy atom. The lowest BCUT2D eigenvalue weighted by atomic mass is 10.3. The van der Waals surface area contributed by atoms with Crippen LogP contribution in [0.25, 0.3) is 0 Å². The summed E-state index contributed by atoms with van der Waals surface area (Å²) in [5, 5.41) is 0. The fraction of sp³-hybridized carbons (Fsp3) is 0.111. The molecule has 0 atom stereocenters. The van der Waals surface area contributed by atoms with Gasteiger partial charge in [-0.1, -0.05) is 30.3 Å². The molecule has 0 aliphatic rings. The van der Waals surface area contributed by atoms with Crippen LogP contribution in [0.3, 0.4) is 0 Å². The van der Waals surface area contributed by atoms with Crippen LogP contribution in [-0.4, -0.2) is 0 Å². The van der Waals surface area contributed by atoms with Crippen LogP contribution in [0.15, 0.2) is 78.6 Å². The summed E-state index contributed by atoms with van der Waals surface area (Å²) >= 11 is 0. The van der Waals surface area contributed by atoms with Gasteiger partial charge in [0, 0.05) is 6.07 Å². The number of ether oxygens (including phenoxy) is 2. The van der Waals surface area contributed by atoms with Crippen LogP contribution in [0.4, 0.5) is 0 Å². The Hall–Kier alpha value is -2.48. The number of hydrogen-bond donors (Lipinski definition) is 0. The Morgan fingerprint density at radius 3 is 2.25 bits per heavy atom. The molecular weight excluding hydrogens is 248 g/mol. The highest BCUT2D eigenvalue weighted by atomic mass is 16.5. The quantitative estimate of drug-likeness (QED) is 0.537. The van der Waals surface area contributed by atoms with E-state index < -0.39 is 0 Å². The van der Waals surface area contributed by atoms with Crippen LogP contribution in [0.5, 0.6) is 17.2 Å². The van der Waals surface area contributed by atoms with Crippen LogP contribution in [0.2, 0.25) is 0 Å². The first kappa shape index (κ1) is 13.9. The fourth-order valence-corrected chi connectivity index (χ4v) is 1.72. The lowest BCUT2D eigenvalue weighted by Crippen LogP contribution is -1.92. The van der Waals surface area contributed by atoms with Crippen molar-refractivity contribution in [1.82, 2.24) is 0 Å². The smallest absolute Gasteiger partial charge is 0.131 e. The molecule has 2 aromatic carbocycles. The third kappa shape index (κ3) is 4.02. The van der Waals surface area contributed by atoms with Crippen LogP contribution in [-0.2, 0) is 0 Å². The summed E-state index contributed by atoms with van der Waals surface area (Å²) in [5.74, 6) is 3.13. The third-order valence-corrected chi connectivity index (χ3v) is 2.64. The molecule has 102 valence electrons. The van der Waals surface area contributed by atoms with E-state index in [-0.39, 0.29) is 0 Å². The van der Waals surface area contributed by atoms with Crippen molar-refractivity contribution >= 4 is 0 Å². The largest absolute Gasteiger partial charge is 0.458 e. The summed E-state index contributed by atoms with van der Waals surface area (Å²) in [4.78, 5) is 0. The third-order valence-electron chi connectivity index (χ3n) is 2.64. The second kappa shape index (κ2) is 7.19. The number of hydrogen-bond acceptors (Lipinski definition) is 2. The zero-order chi connectivity index (χ0) is 14.2. The summed E-state index contributed by atoms with van der Waals surface area (Å²) in [6.07, 6.45) is 5.79. The van der Waals surface area contributed by atoms with Gasteiger partial charge < -0.3 is 9.47 Å². The summed E-state index contributed by atoms with van der Waals surface area (Å²) in [7, 11) is 0. The molecule has 2 aromatic rings. The van der Waals surface area contributed by atoms with Gasteiger partial charge in [0.25, 0.3) is 0 Å². The van der Waals surface area contributed by atoms with Gasteiger partial charge in [-0.15, -0.1) is 0 Å². The van der Waals surface area contributed by atoms with Crippen LogP contribution in [0.1, 0.15) is 13.8 Å². The van der Waals surface area contributed by atoms with E-state index >= 15 is 0 Å². The first-order chi connectivity index (χ1) is 9.81. The SMILES string of the molecule is C/C=C\C(=C/C)Oc1cccc(Oc2ccccc2)c1. The lowest BCUT2D eigenvalue weighted by Gasteiger charge is -2.09. The average Bonchev–Trinajstić information content (AvgIpc) is 2.48. The zero-order valence-electron chi connectivity index (χ0n) is 11.7. The monoisotopic (exact) mass is 266 g/mol. The maximum absolute atomic E-state index is 5.78. The molecule has 2 heteroatoms. The molecular formula is C18H18O2. The molecule has 0 unspecified atom stereocenters. The highest BCUT2D eigenvalue weighted by molar-refractivity contribution is 5.38. The number of benzene rings is 2. The molecule has 0 radical (unpaired) electrons. The highest BCUT2D eigenvalue weighted by Crippen LogP contribution is 2.26. The second-order valence-corrected chi connectivity index (χ2v) is 4.18. The Balaban J connectivity index is 2.12. The summed E-state index contributed by atoms with van der Waals surface area (Å²) in [6, 6.07) is 17.3. The van der Waals surface area contributed by atoms with E-state index in [1.165, 1.54) is 0 Å². The first-order valence-electron chi connectivity index (χ1n) is 6.61. The Bertz CT molecular complexity index is 598. The van der Waals surface area contributed by atoms with Crippen molar-refractivity contribution in [2.24, 2.45) is 0 Å². The van der Waals surface area contributed by atoms with Gasteiger partial charge in [0.2, 0.25) is 0 Å². The van der Waals surface area contributed by atoms with E-state index in [0.717, 1.165) is 23.0 Å². The van der Waals surface area contributed by atoms with Gasteiger partial charge in [0.1, 0.15) is 23.0 Å². The van der Waals surface area contributed by atoms with Gasteiger partial charge in [-0.05, 0) is 50.3 Å². The summed E-state index contributed by atoms with van der Waals surface area (Å²) in [6.45, 7) is 3.90. The summed E-state index contributed by atoms with van der Waals surface area (Å²) in [5.41, 5.74) is 0. The minimum Gasteiger partial charge on any atom is -0.458 e. The highest BCUT2D eigenvalue weighted by Gasteiger charge is 2.01. The second-order valence-electron chi connectivity index (χ2n) is 4.18. The molecule has 0 amide bonds. The molecule has 2 rings (SSSR count). The van der Waals surface area contributed by atoms with E-state index in [9.17, 15) is 0 Å². The van der Waals surface area contributed by atoms with E-state index in [2.05, 4.69) is 0 Å². The molecule has 0 bridgehead atoms. The lowest BCUT2D eigenvalue weighted by molar-refractivity contribution is 0.434. The van der Waals surface area contributed by atoms with Gasteiger partial charge in [-0.25, -0.2) is 0 Å². The zero-order valence-corrected chi connectivity index (χ0v) is 11.7. The standard InChI is InChI=1S/C18H18O2/c1-3-9-15(4-2)19-17-12-8-13-18(14-17)20-16-10-6-5-7-11-16/h3-14H,1-2H3/b9-3-,15-4+. The van der Waals surface area contributed by atoms with Crippen LogP contribution >= 0.6 is 0 Å². The molecule has 0 aliphatic heterocycles.